The van der Waals surface area contributed by atoms with E-state index in [1.807, 2.05) is 6.92 Å². The molecule has 1 aliphatic rings. The average Bonchev–Trinajstić information content (AvgIpc) is 2.78. The van der Waals surface area contributed by atoms with Gasteiger partial charge >= 0.3 is 0 Å². The predicted molar refractivity (Wildman–Crippen MR) is 64.6 cm³/mol. The topological polar surface area (TPSA) is 95.1 Å². The fourth-order valence-electron chi connectivity index (χ4n) is 1.86. The van der Waals surface area contributed by atoms with Crippen molar-refractivity contribution in [1.82, 2.24) is 20.3 Å². The van der Waals surface area contributed by atoms with Crippen molar-refractivity contribution in [2.45, 2.75) is 38.4 Å². The fourth-order valence-corrected chi connectivity index (χ4v) is 1.86. The largest absolute Gasteiger partial charge is 0.381 e. The third-order valence-electron chi connectivity index (χ3n) is 2.91. The first-order valence-corrected chi connectivity index (χ1v) is 6.18. The molecule has 0 radical (unpaired) electrons. The van der Waals surface area contributed by atoms with E-state index in [0.29, 0.717) is 18.9 Å². The molecule has 2 heterocycles. The number of carbonyl (C=O) groups is 1. The summed E-state index contributed by atoms with van der Waals surface area (Å²) in [5.41, 5.74) is 6.37. The van der Waals surface area contributed by atoms with Crippen LogP contribution in [-0.2, 0) is 16.1 Å². The Kier molecular flexibility index (Phi) is 4.27. The minimum atomic E-state index is -0.169. The van der Waals surface area contributed by atoms with Crippen LogP contribution in [0.25, 0.3) is 0 Å². The second-order valence-electron chi connectivity index (χ2n) is 4.58. The number of carbonyl (C=O) groups excluding carboxylic acids is 1. The Morgan fingerprint density at radius 1 is 1.67 bits per heavy atom. The van der Waals surface area contributed by atoms with Gasteiger partial charge in [-0.15, -0.1) is 5.10 Å². The number of amides is 1. The summed E-state index contributed by atoms with van der Waals surface area (Å²) in [5, 5.41) is 10.7. The molecule has 1 amide bonds. The Morgan fingerprint density at radius 2 is 2.39 bits per heavy atom. The number of ether oxygens (including phenoxy) is 1. The van der Waals surface area contributed by atoms with Crippen molar-refractivity contribution in [3.05, 3.63) is 11.9 Å². The Morgan fingerprint density at radius 3 is 3.00 bits per heavy atom. The third-order valence-corrected chi connectivity index (χ3v) is 2.91. The maximum absolute atomic E-state index is 11.8. The molecule has 1 unspecified atom stereocenters. The first-order chi connectivity index (χ1) is 8.65. The molecular weight excluding hydrogens is 234 g/mol. The Balaban J connectivity index is 1.82. The molecule has 2 rings (SSSR count). The highest BCUT2D eigenvalue weighted by atomic mass is 16.5. The van der Waals surface area contributed by atoms with E-state index in [4.69, 9.17) is 10.5 Å². The molecule has 0 bridgehead atoms. The molecule has 0 aromatic carbocycles. The van der Waals surface area contributed by atoms with E-state index in [9.17, 15) is 4.79 Å². The third kappa shape index (κ3) is 3.51. The molecule has 1 saturated heterocycles. The molecule has 1 aliphatic heterocycles. The van der Waals surface area contributed by atoms with Crippen LogP contribution in [0.15, 0.2) is 6.20 Å². The van der Waals surface area contributed by atoms with E-state index in [1.54, 1.807) is 6.20 Å². The lowest BCUT2D eigenvalue weighted by Gasteiger charge is -2.22. The normalized spacial score (nSPS) is 18.6. The van der Waals surface area contributed by atoms with E-state index in [0.717, 1.165) is 12.8 Å². The Hall–Kier alpha value is -1.47. The highest BCUT2D eigenvalue weighted by molar-refractivity contribution is 5.75. The van der Waals surface area contributed by atoms with Gasteiger partial charge in [-0.05, 0) is 19.8 Å². The summed E-state index contributed by atoms with van der Waals surface area (Å²) >= 11 is 0. The van der Waals surface area contributed by atoms with Crippen LogP contribution in [-0.4, -0.2) is 40.2 Å². The van der Waals surface area contributed by atoms with Crippen LogP contribution in [0.2, 0.25) is 0 Å². The lowest BCUT2D eigenvalue weighted by molar-refractivity contribution is -0.123. The van der Waals surface area contributed by atoms with Gasteiger partial charge in [-0.1, -0.05) is 5.21 Å². The predicted octanol–water partition coefficient (Wildman–Crippen LogP) is -0.407. The van der Waals surface area contributed by atoms with Gasteiger partial charge < -0.3 is 15.8 Å². The molecule has 1 atom stereocenters. The van der Waals surface area contributed by atoms with Crippen molar-refractivity contribution in [3.8, 4) is 0 Å². The minimum absolute atomic E-state index is 0.0528. The average molecular weight is 253 g/mol. The molecule has 18 heavy (non-hydrogen) atoms. The van der Waals surface area contributed by atoms with Gasteiger partial charge in [0.2, 0.25) is 5.91 Å². The number of nitrogens with one attached hydrogen (secondary N) is 1. The van der Waals surface area contributed by atoms with Crippen LogP contribution in [0.5, 0.6) is 0 Å². The van der Waals surface area contributed by atoms with Crippen LogP contribution < -0.4 is 11.1 Å². The maximum Gasteiger partial charge on any atom is 0.242 e. The first kappa shape index (κ1) is 13.0. The van der Waals surface area contributed by atoms with Crippen LogP contribution >= 0.6 is 0 Å². The Bertz CT molecular complexity index is 398. The van der Waals surface area contributed by atoms with E-state index >= 15 is 0 Å². The summed E-state index contributed by atoms with van der Waals surface area (Å²) < 4.78 is 6.74. The van der Waals surface area contributed by atoms with Gasteiger partial charge in [0.25, 0.3) is 0 Å². The molecular formula is C11H19N5O2. The molecule has 0 saturated carbocycles. The van der Waals surface area contributed by atoms with E-state index in [-0.39, 0.29) is 24.5 Å². The molecule has 0 spiro atoms. The second kappa shape index (κ2) is 5.92. The summed E-state index contributed by atoms with van der Waals surface area (Å²) in [7, 11) is 0. The number of hydrogen-bond donors (Lipinski definition) is 2. The summed E-state index contributed by atoms with van der Waals surface area (Å²) in [6.45, 7) is 3.43. The lowest BCUT2D eigenvalue weighted by atomic mass is 10.1. The summed E-state index contributed by atoms with van der Waals surface area (Å²) in [5.74, 6) is -0.0528. The molecule has 1 aromatic heterocycles. The summed E-state index contributed by atoms with van der Waals surface area (Å²) in [4.78, 5) is 11.8. The van der Waals surface area contributed by atoms with Crippen molar-refractivity contribution >= 4 is 5.91 Å². The maximum atomic E-state index is 11.8. The number of aromatic nitrogens is 3. The summed E-state index contributed by atoms with van der Waals surface area (Å²) in [6, 6.07) is 0.0416. The standard InChI is InChI=1S/C11H19N5O2/c1-8(12)10-6-16(15-14-10)7-11(17)13-9-2-4-18-5-3-9/h6,8-9H,2-5,7,12H2,1H3,(H,13,17). The van der Waals surface area contributed by atoms with Crippen LogP contribution in [0.4, 0.5) is 0 Å². The lowest BCUT2D eigenvalue weighted by Crippen LogP contribution is -2.40. The van der Waals surface area contributed by atoms with Gasteiger partial charge in [0.05, 0.1) is 11.9 Å². The van der Waals surface area contributed by atoms with Gasteiger partial charge in [0, 0.05) is 25.3 Å². The van der Waals surface area contributed by atoms with Crippen molar-refractivity contribution in [2.75, 3.05) is 13.2 Å². The molecule has 1 fully saturated rings. The zero-order valence-electron chi connectivity index (χ0n) is 10.5. The molecule has 7 nitrogen and oxygen atoms in total. The van der Waals surface area contributed by atoms with Gasteiger partial charge in [-0.25, -0.2) is 4.68 Å². The number of rotatable bonds is 4. The van der Waals surface area contributed by atoms with Crippen molar-refractivity contribution in [2.24, 2.45) is 5.73 Å². The first-order valence-electron chi connectivity index (χ1n) is 6.18. The number of nitrogens with zero attached hydrogens (tertiary/aromatic N) is 3. The molecule has 7 heteroatoms. The van der Waals surface area contributed by atoms with E-state index in [2.05, 4.69) is 15.6 Å². The molecule has 1 aromatic rings. The zero-order valence-corrected chi connectivity index (χ0v) is 10.5. The monoisotopic (exact) mass is 253 g/mol. The molecule has 100 valence electrons. The van der Waals surface area contributed by atoms with Crippen LogP contribution in [0.3, 0.4) is 0 Å². The zero-order chi connectivity index (χ0) is 13.0. The van der Waals surface area contributed by atoms with Crippen LogP contribution in [0, 0.1) is 0 Å². The van der Waals surface area contributed by atoms with Crippen molar-refractivity contribution < 1.29 is 9.53 Å². The quantitative estimate of drug-likeness (QED) is 0.761. The second-order valence-corrected chi connectivity index (χ2v) is 4.58. The highest BCUT2D eigenvalue weighted by Gasteiger charge is 2.16. The van der Waals surface area contributed by atoms with E-state index in [1.165, 1.54) is 4.68 Å². The fraction of sp³-hybridized carbons (Fsp3) is 0.727. The SMILES string of the molecule is CC(N)c1cn(CC(=O)NC2CCOCC2)nn1. The molecule has 0 aliphatic carbocycles. The smallest absolute Gasteiger partial charge is 0.242 e. The summed E-state index contributed by atoms with van der Waals surface area (Å²) in [6.07, 6.45) is 3.44. The van der Waals surface area contributed by atoms with Crippen molar-refractivity contribution in [3.63, 3.8) is 0 Å². The van der Waals surface area contributed by atoms with Gasteiger partial charge in [0.15, 0.2) is 0 Å². The molecule has 3 N–H and O–H groups in total. The van der Waals surface area contributed by atoms with Gasteiger partial charge in [-0.3, -0.25) is 4.79 Å². The van der Waals surface area contributed by atoms with Crippen LogP contribution in [0.1, 0.15) is 31.5 Å². The highest BCUT2D eigenvalue weighted by Crippen LogP contribution is 2.06. The van der Waals surface area contributed by atoms with Crippen molar-refractivity contribution in [1.29, 1.82) is 0 Å². The van der Waals surface area contributed by atoms with E-state index < -0.39 is 0 Å². The van der Waals surface area contributed by atoms with Gasteiger partial charge in [0.1, 0.15) is 6.54 Å². The Labute approximate surface area is 106 Å². The number of hydrogen-bond acceptors (Lipinski definition) is 5. The number of nitrogens with two attached hydrogens (primary N) is 1. The van der Waals surface area contributed by atoms with Gasteiger partial charge in [-0.2, -0.15) is 0 Å². The minimum Gasteiger partial charge on any atom is -0.381 e.